The molecular weight excluding hydrogens is 278 g/mol. The first kappa shape index (κ1) is 14.0. The van der Waals surface area contributed by atoms with Crippen LogP contribution >= 0.6 is 0 Å². The molecule has 1 aliphatic heterocycles. The van der Waals surface area contributed by atoms with Crippen LogP contribution in [-0.4, -0.2) is 34.9 Å². The van der Waals surface area contributed by atoms with Crippen molar-refractivity contribution in [2.24, 2.45) is 5.92 Å². The zero-order chi connectivity index (χ0) is 14.9. The molecule has 0 radical (unpaired) electrons. The second-order valence-corrected chi connectivity index (χ2v) is 6.45. The standard InChI is InChI=1S/C17H23N3O2/c1-21-12-16-17-14(9-18-20(17)10-13-4-5-13)6-7-19(16)11-15-3-2-8-22-15/h2-3,8-9,13,16H,4-7,10-12H2,1H3. The molecule has 118 valence electrons. The first-order valence-corrected chi connectivity index (χ1v) is 8.15. The minimum Gasteiger partial charge on any atom is -0.468 e. The van der Waals surface area contributed by atoms with Crippen LogP contribution in [-0.2, 0) is 24.2 Å². The van der Waals surface area contributed by atoms with Crippen molar-refractivity contribution in [3.05, 3.63) is 41.6 Å². The Labute approximate surface area is 130 Å². The van der Waals surface area contributed by atoms with E-state index in [0.29, 0.717) is 6.61 Å². The van der Waals surface area contributed by atoms with Gasteiger partial charge in [-0.3, -0.25) is 9.58 Å². The average Bonchev–Trinajstić information content (AvgIpc) is 3.02. The molecule has 3 heterocycles. The summed E-state index contributed by atoms with van der Waals surface area (Å²) in [4.78, 5) is 2.45. The van der Waals surface area contributed by atoms with Gasteiger partial charge in [-0.25, -0.2) is 0 Å². The van der Waals surface area contributed by atoms with E-state index in [4.69, 9.17) is 9.15 Å². The fourth-order valence-electron chi connectivity index (χ4n) is 3.43. The van der Waals surface area contributed by atoms with Crippen LogP contribution in [0.25, 0.3) is 0 Å². The van der Waals surface area contributed by atoms with E-state index in [1.54, 1.807) is 13.4 Å². The lowest BCUT2D eigenvalue weighted by Crippen LogP contribution is -2.38. The van der Waals surface area contributed by atoms with E-state index in [1.165, 1.54) is 24.1 Å². The van der Waals surface area contributed by atoms with E-state index in [0.717, 1.165) is 37.7 Å². The maximum atomic E-state index is 5.53. The number of methoxy groups -OCH3 is 1. The number of hydrogen-bond acceptors (Lipinski definition) is 4. The molecule has 4 rings (SSSR count). The fourth-order valence-corrected chi connectivity index (χ4v) is 3.43. The molecule has 0 aromatic carbocycles. The van der Waals surface area contributed by atoms with Crippen molar-refractivity contribution in [3.63, 3.8) is 0 Å². The van der Waals surface area contributed by atoms with Crippen LogP contribution in [0.4, 0.5) is 0 Å². The number of hydrogen-bond donors (Lipinski definition) is 0. The lowest BCUT2D eigenvalue weighted by atomic mass is 10.00. The molecular formula is C17H23N3O2. The van der Waals surface area contributed by atoms with Crippen molar-refractivity contribution in [2.75, 3.05) is 20.3 Å². The second kappa shape index (κ2) is 5.89. The molecule has 0 saturated heterocycles. The summed E-state index contributed by atoms with van der Waals surface area (Å²) in [6, 6.07) is 4.26. The van der Waals surface area contributed by atoms with Crippen LogP contribution in [0.5, 0.6) is 0 Å². The van der Waals surface area contributed by atoms with Crippen LogP contribution in [0, 0.1) is 5.92 Å². The minimum absolute atomic E-state index is 0.264. The van der Waals surface area contributed by atoms with Gasteiger partial charge in [0.25, 0.3) is 0 Å². The first-order valence-electron chi connectivity index (χ1n) is 8.15. The predicted molar refractivity (Wildman–Crippen MR) is 82.4 cm³/mol. The van der Waals surface area contributed by atoms with Gasteiger partial charge in [-0.15, -0.1) is 0 Å². The van der Waals surface area contributed by atoms with E-state index < -0.39 is 0 Å². The average molecular weight is 301 g/mol. The second-order valence-electron chi connectivity index (χ2n) is 6.45. The van der Waals surface area contributed by atoms with Crippen molar-refractivity contribution in [1.29, 1.82) is 0 Å². The third-order valence-corrected chi connectivity index (χ3v) is 4.78. The Kier molecular flexibility index (Phi) is 3.76. The summed E-state index contributed by atoms with van der Waals surface area (Å²) in [5, 5.41) is 4.65. The minimum atomic E-state index is 0.264. The van der Waals surface area contributed by atoms with Crippen LogP contribution in [0.1, 0.15) is 35.9 Å². The zero-order valence-electron chi connectivity index (χ0n) is 13.1. The molecule has 22 heavy (non-hydrogen) atoms. The molecule has 5 nitrogen and oxygen atoms in total. The third kappa shape index (κ3) is 2.71. The van der Waals surface area contributed by atoms with Gasteiger partial charge in [0.05, 0.1) is 37.3 Å². The van der Waals surface area contributed by atoms with Gasteiger partial charge in [0.1, 0.15) is 5.76 Å². The summed E-state index contributed by atoms with van der Waals surface area (Å²) >= 11 is 0. The summed E-state index contributed by atoms with van der Waals surface area (Å²) in [6.07, 6.45) is 7.55. The fraction of sp³-hybridized carbons (Fsp3) is 0.588. The van der Waals surface area contributed by atoms with Gasteiger partial charge in [0.15, 0.2) is 0 Å². The molecule has 1 atom stereocenters. The van der Waals surface area contributed by atoms with E-state index in [9.17, 15) is 0 Å². The Balaban J connectivity index is 1.60. The maximum absolute atomic E-state index is 5.53. The highest BCUT2D eigenvalue weighted by molar-refractivity contribution is 5.25. The van der Waals surface area contributed by atoms with Crippen molar-refractivity contribution >= 4 is 0 Å². The molecule has 1 saturated carbocycles. The van der Waals surface area contributed by atoms with Gasteiger partial charge >= 0.3 is 0 Å². The summed E-state index contributed by atoms with van der Waals surface area (Å²) in [7, 11) is 1.78. The number of fused-ring (bicyclic) bond motifs is 1. The van der Waals surface area contributed by atoms with Crippen LogP contribution in [0.15, 0.2) is 29.0 Å². The first-order chi connectivity index (χ1) is 10.8. The lowest BCUT2D eigenvalue weighted by Gasteiger charge is -2.35. The van der Waals surface area contributed by atoms with Gasteiger partial charge in [-0.2, -0.15) is 5.10 Å². The molecule has 1 aliphatic carbocycles. The highest BCUT2D eigenvalue weighted by Crippen LogP contribution is 2.35. The molecule has 0 spiro atoms. The van der Waals surface area contributed by atoms with Crippen LogP contribution in [0.2, 0.25) is 0 Å². The van der Waals surface area contributed by atoms with Crippen LogP contribution in [0.3, 0.4) is 0 Å². The molecule has 5 heteroatoms. The van der Waals surface area contributed by atoms with Crippen molar-refractivity contribution in [3.8, 4) is 0 Å². The highest BCUT2D eigenvalue weighted by atomic mass is 16.5. The van der Waals surface area contributed by atoms with Gasteiger partial charge in [0, 0.05) is 20.2 Å². The summed E-state index contributed by atoms with van der Waals surface area (Å²) in [6.45, 7) is 3.61. The quantitative estimate of drug-likeness (QED) is 0.822. The predicted octanol–water partition coefficient (Wildman–Crippen LogP) is 2.63. The molecule has 1 fully saturated rings. The number of aromatic nitrogens is 2. The lowest BCUT2D eigenvalue weighted by molar-refractivity contribution is 0.0681. The Morgan fingerprint density at radius 2 is 2.32 bits per heavy atom. The topological polar surface area (TPSA) is 43.4 Å². The normalized spacial score (nSPS) is 22.0. The Morgan fingerprint density at radius 3 is 3.05 bits per heavy atom. The van der Waals surface area contributed by atoms with E-state index >= 15 is 0 Å². The zero-order valence-corrected chi connectivity index (χ0v) is 13.1. The van der Waals surface area contributed by atoms with Gasteiger partial charge in [-0.05, 0) is 42.9 Å². The highest BCUT2D eigenvalue weighted by Gasteiger charge is 2.33. The smallest absolute Gasteiger partial charge is 0.117 e. The molecule has 0 N–H and O–H groups in total. The van der Waals surface area contributed by atoms with E-state index in [-0.39, 0.29) is 6.04 Å². The van der Waals surface area contributed by atoms with Crippen molar-refractivity contribution in [1.82, 2.24) is 14.7 Å². The number of nitrogens with zero attached hydrogens (tertiary/aromatic N) is 3. The van der Waals surface area contributed by atoms with Gasteiger partial charge < -0.3 is 9.15 Å². The molecule has 2 aromatic heterocycles. The maximum Gasteiger partial charge on any atom is 0.117 e. The SMILES string of the molecule is COCC1c2c(cnn2CC2CC2)CCN1Cc1ccco1. The summed E-state index contributed by atoms with van der Waals surface area (Å²) < 4.78 is 13.3. The van der Waals surface area contributed by atoms with Crippen LogP contribution < -0.4 is 0 Å². The van der Waals surface area contributed by atoms with Gasteiger partial charge in [-0.1, -0.05) is 0 Å². The van der Waals surface area contributed by atoms with Crippen molar-refractivity contribution in [2.45, 2.75) is 38.4 Å². The molecule has 2 aromatic rings. The molecule has 0 amide bonds. The number of furan rings is 1. The van der Waals surface area contributed by atoms with E-state index in [1.807, 2.05) is 12.1 Å². The Morgan fingerprint density at radius 1 is 1.41 bits per heavy atom. The summed E-state index contributed by atoms with van der Waals surface area (Å²) in [5.41, 5.74) is 2.74. The Bertz CT molecular complexity index is 616. The molecule has 2 aliphatic rings. The van der Waals surface area contributed by atoms with Crippen molar-refractivity contribution < 1.29 is 9.15 Å². The summed E-state index contributed by atoms with van der Waals surface area (Å²) in [5.74, 6) is 1.84. The number of ether oxygens (including phenoxy) is 1. The monoisotopic (exact) mass is 301 g/mol. The third-order valence-electron chi connectivity index (χ3n) is 4.78. The largest absolute Gasteiger partial charge is 0.468 e. The van der Waals surface area contributed by atoms with E-state index in [2.05, 4.69) is 20.9 Å². The van der Waals surface area contributed by atoms with Gasteiger partial charge in [0.2, 0.25) is 0 Å². The molecule has 1 unspecified atom stereocenters. The number of rotatable bonds is 6. The molecule has 0 bridgehead atoms. The Hall–Kier alpha value is -1.59.